The van der Waals surface area contributed by atoms with Crippen LogP contribution in [0.5, 0.6) is 0 Å². The Balaban J connectivity index is 3.43. The fraction of sp³-hybridized carbons (Fsp3) is 0.300. The molecule has 0 N–H and O–H groups in total. The van der Waals surface area contributed by atoms with Gasteiger partial charge in [-0.15, -0.1) is 0 Å². The van der Waals surface area contributed by atoms with Gasteiger partial charge in [-0.1, -0.05) is 13.8 Å². The van der Waals surface area contributed by atoms with Crippen LogP contribution in [0, 0.1) is 27.2 Å². The molecule has 0 atom stereocenters. The van der Waals surface area contributed by atoms with Gasteiger partial charge in [0.05, 0.1) is 15.9 Å². The maximum Gasteiger partial charge on any atom is 0.280 e. The summed E-state index contributed by atoms with van der Waals surface area (Å²) in [6.45, 7) is 7.20. The van der Waals surface area contributed by atoms with E-state index in [9.17, 15) is 20.2 Å². The van der Waals surface area contributed by atoms with E-state index in [-0.39, 0.29) is 11.4 Å². The minimum Gasteiger partial charge on any atom is -0.258 e. The maximum absolute atomic E-state index is 10.8. The average molecular weight is 223 g/mol. The van der Waals surface area contributed by atoms with Crippen molar-refractivity contribution in [2.75, 3.05) is 0 Å². The van der Waals surface area contributed by atoms with E-state index >= 15 is 0 Å². The van der Waals surface area contributed by atoms with Crippen LogP contribution in [0.25, 0.3) is 0 Å². The van der Waals surface area contributed by atoms with Gasteiger partial charge in [-0.05, 0) is 18.4 Å². The summed E-state index contributed by atoms with van der Waals surface area (Å²) in [5.74, 6) is 0. The summed E-state index contributed by atoms with van der Waals surface area (Å²) in [4.78, 5) is 20.0. The lowest BCUT2D eigenvalue weighted by molar-refractivity contribution is -0.394. The quantitative estimate of drug-likeness (QED) is 0.582. The molecule has 1 aromatic rings. The Morgan fingerprint density at radius 3 is 2.12 bits per heavy atom. The van der Waals surface area contributed by atoms with Gasteiger partial charge in [0.1, 0.15) is 0 Å². The van der Waals surface area contributed by atoms with Crippen molar-refractivity contribution < 1.29 is 9.85 Å². The Bertz CT molecular complexity index is 449. The molecule has 0 saturated carbocycles. The summed E-state index contributed by atoms with van der Waals surface area (Å²) in [5, 5.41) is 21.3. The van der Waals surface area contributed by atoms with E-state index in [1.54, 1.807) is 13.8 Å². The number of hydrogen-bond acceptors (Lipinski definition) is 4. The van der Waals surface area contributed by atoms with Crippen LogP contribution in [0.3, 0.4) is 0 Å². The lowest BCUT2D eigenvalue weighted by Gasteiger charge is -2.18. The zero-order chi connectivity index (χ0) is 12.5. The number of nitro groups is 2. The predicted octanol–water partition coefficient (Wildman–Crippen LogP) is 2.61. The number of non-ortho nitro benzene ring substituents is 1. The third-order valence-electron chi connectivity index (χ3n) is 2.12. The molecular formula is C10H11N2O4. The first-order chi connectivity index (χ1) is 7.23. The van der Waals surface area contributed by atoms with Crippen molar-refractivity contribution in [2.24, 2.45) is 0 Å². The zero-order valence-electron chi connectivity index (χ0n) is 8.97. The van der Waals surface area contributed by atoms with Crippen molar-refractivity contribution in [3.63, 3.8) is 0 Å². The Kier molecular flexibility index (Phi) is 2.93. The van der Waals surface area contributed by atoms with E-state index in [4.69, 9.17) is 0 Å². The third-order valence-corrected chi connectivity index (χ3v) is 2.12. The van der Waals surface area contributed by atoms with Crippen LogP contribution in [0.4, 0.5) is 11.4 Å². The molecule has 1 rings (SSSR count). The molecule has 0 bridgehead atoms. The minimum absolute atomic E-state index is 0.269. The molecule has 0 aliphatic heterocycles. The van der Waals surface area contributed by atoms with Gasteiger partial charge < -0.3 is 0 Å². The number of nitrogens with zero attached hydrogens (tertiary/aromatic N) is 2. The highest BCUT2D eigenvalue weighted by Crippen LogP contribution is 2.33. The van der Waals surface area contributed by atoms with Crippen LogP contribution in [0.15, 0.2) is 18.2 Å². The molecule has 0 aliphatic carbocycles. The van der Waals surface area contributed by atoms with E-state index in [0.717, 1.165) is 6.07 Å². The summed E-state index contributed by atoms with van der Waals surface area (Å²) < 4.78 is 0. The van der Waals surface area contributed by atoms with Crippen molar-refractivity contribution in [1.29, 1.82) is 0 Å². The topological polar surface area (TPSA) is 86.3 Å². The lowest BCUT2D eigenvalue weighted by atomic mass is 9.86. The van der Waals surface area contributed by atoms with Gasteiger partial charge in [-0.2, -0.15) is 0 Å². The second kappa shape index (κ2) is 3.88. The first kappa shape index (κ1) is 12.1. The van der Waals surface area contributed by atoms with Crippen LogP contribution in [-0.4, -0.2) is 9.85 Å². The highest BCUT2D eigenvalue weighted by Gasteiger charge is 2.27. The van der Waals surface area contributed by atoms with E-state index < -0.39 is 15.3 Å². The Morgan fingerprint density at radius 1 is 1.19 bits per heavy atom. The Morgan fingerprint density at radius 2 is 1.75 bits per heavy atom. The number of benzene rings is 1. The van der Waals surface area contributed by atoms with Crippen molar-refractivity contribution in [2.45, 2.75) is 19.3 Å². The molecule has 1 radical (unpaired) electrons. The van der Waals surface area contributed by atoms with Gasteiger partial charge in [0.15, 0.2) is 0 Å². The number of rotatable bonds is 3. The Labute approximate surface area is 92.2 Å². The summed E-state index contributed by atoms with van der Waals surface area (Å²) in [6, 6.07) is 3.58. The highest BCUT2D eigenvalue weighted by atomic mass is 16.6. The van der Waals surface area contributed by atoms with E-state index in [1.165, 1.54) is 12.1 Å². The van der Waals surface area contributed by atoms with Gasteiger partial charge in [-0.3, -0.25) is 20.2 Å². The summed E-state index contributed by atoms with van der Waals surface area (Å²) in [7, 11) is 0. The number of nitro benzene ring substituents is 2. The van der Waals surface area contributed by atoms with Gasteiger partial charge >= 0.3 is 0 Å². The average Bonchev–Trinajstić information content (AvgIpc) is 2.15. The van der Waals surface area contributed by atoms with Crippen LogP contribution < -0.4 is 0 Å². The fourth-order valence-corrected chi connectivity index (χ4v) is 1.36. The molecule has 0 saturated heterocycles. The molecule has 85 valence electrons. The largest absolute Gasteiger partial charge is 0.280 e. The van der Waals surface area contributed by atoms with Crippen LogP contribution in [0.2, 0.25) is 0 Å². The van der Waals surface area contributed by atoms with Crippen LogP contribution in [-0.2, 0) is 5.41 Å². The van der Waals surface area contributed by atoms with Crippen LogP contribution in [0.1, 0.15) is 19.4 Å². The molecule has 6 nitrogen and oxygen atoms in total. The number of hydrogen-bond donors (Lipinski definition) is 0. The molecule has 0 heterocycles. The van der Waals surface area contributed by atoms with E-state index in [2.05, 4.69) is 6.92 Å². The smallest absolute Gasteiger partial charge is 0.258 e. The molecule has 0 aromatic heterocycles. The molecule has 0 amide bonds. The maximum atomic E-state index is 10.8. The first-order valence-corrected chi connectivity index (χ1v) is 4.52. The lowest BCUT2D eigenvalue weighted by Crippen LogP contribution is -2.14. The van der Waals surface area contributed by atoms with Crippen molar-refractivity contribution in [3.05, 3.63) is 50.9 Å². The van der Waals surface area contributed by atoms with Gasteiger partial charge in [0, 0.05) is 11.6 Å². The predicted molar refractivity (Wildman–Crippen MR) is 58.1 cm³/mol. The minimum atomic E-state index is -0.669. The van der Waals surface area contributed by atoms with Crippen molar-refractivity contribution in [3.8, 4) is 0 Å². The second-order valence-electron chi connectivity index (χ2n) is 4.10. The van der Waals surface area contributed by atoms with Crippen LogP contribution >= 0.6 is 0 Å². The zero-order valence-corrected chi connectivity index (χ0v) is 8.97. The fourth-order valence-electron chi connectivity index (χ4n) is 1.36. The molecule has 1 aromatic carbocycles. The molecule has 16 heavy (non-hydrogen) atoms. The SMILES string of the molecule is [CH2]C(C)(C)c1ccc([N+](=O)[O-])cc1[N+](=O)[O-]. The highest BCUT2D eigenvalue weighted by molar-refractivity contribution is 5.52. The van der Waals surface area contributed by atoms with Gasteiger partial charge in [-0.25, -0.2) is 0 Å². The molecule has 6 heteroatoms. The summed E-state index contributed by atoms with van der Waals surface area (Å²) in [5.41, 5.74) is -0.852. The van der Waals surface area contributed by atoms with E-state index in [1.807, 2.05) is 0 Å². The summed E-state index contributed by atoms with van der Waals surface area (Å²) >= 11 is 0. The standard InChI is InChI=1S/C10H11N2O4/c1-10(2,3)8-5-4-7(11(13)14)6-9(8)12(15)16/h4-6H,1H2,2-3H3. The third kappa shape index (κ3) is 2.33. The monoisotopic (exact) mass is 223 g/mol. The molecule has 0 aliphatic rings. The van der Waals surface area contributed by atoms with Crippen molar-refractivity contribution >= 4 is 11.4 Å². The molecule has 0 fully saturated rings. The van der Waals surface area contributed by atoms with E-state index in [0.29, 0.717) is 5.56 Å². The van der Waals surface area contributed by atoms with Gasteiger partial charge in [0.2, 0.25) is 0 Å². The second-order valence-corrected chi connectivity index (χ2v) is 4.10. The normalized spacial score (nSPS) is 11.2. The first-order valence-electron chi connectivity index (χ1n) is 4.52. The molecule has 0 spiro atoms. The molecular weight excluding hydrogens is 212 g/mol. The molecule has 0 unspecified atom stereocenters. The summed E-state index contributed by atoms with van der Waals surface area (Å²) in [6.07, 6.45) is 0. The van der Waals surface area contributed by atoms with Gasteiger partial charge in [0.25, 0.3) is 11.4 Å². The van der Waals surface area contributed by atoms with Crippen molar-refractivity contribution in [1.82, 2.24) is 0 Å². The Hall–Kier alpha value is -1.98.